The molecule has 1 aliphatic carbocycles. The quantitative estimate of drug-likeness (QED) is 0.262. The number of aromatic nitrogens is 2. The molecular weight excluding hydrogens is 352 g/mol. The highest BCUT2D eigenvalue weighted by molar-refractivity contribution is 7.17. The predicted molar refractivity (Wildman–Crippen MR) is 112 cm³/mol. The Morgan fingerprint density at radius 2 is 1.89 bits per heavy atom. The summed E-state index contributed by atoms with van der Waals surface area (Å²) in [6.07, 6.45) is 11.2. The number of rotatable bonds is 3. The molecule has 5 rings (SSSR count). The van der Waals surface area contributed by atoms with Crippen molar-refractivity contribution in [1.82, 2.24) is 9.38 Å². The number of nitrogens with zero attached hydrogens (tertiary/aromatic N) is 2. The Kier molecular flexibility index (Phi) is 4.13. The summed E-state index contributed by atoms with van der Waals surface area (Å²) in [6, 6.07) is 14.5. The molecule has 1 aliphatic rings. The predicted octanol–water partition coefficient (Wildman–Crippen LogP) is 5.71. The van der Waals surface area contributed by atoms with Crippen LogP contribution in [0.1, 0.15) is 45.9 Å². The molecule has 0 spiro atoms. The van der Waals surface area contributed by atoms with Crippen LogP contribution in [0.15, 0.2) is 54.7 Å². The lowest BCUT2D eigenvalue weighted by molar-refractivity contribution is 0.104. The van der Waals surface area contributed by atoms with Gasteiger partial charge in [-0.15, -0.1) is 11.3 Å². The molecule has 0 atom stereocenters. The summed E-state index contributed by atoms with van der Waals surface area (Å²) in [4.78, 5) is 19.7. The molecular formula is C23H20N2OS. The van der Waals surface area contributed by atoms with Crippen molar-refractivity contribution in [3.8, 4) is 0 Å². The zero-order valence-electron chi connectivity index (χ0n) is 15.0. The van der Waals surface area contributed by atoms with Gasteiger partial charge in [0.05, 0.1) is 6.20 Å². The lowest BCUT2D eigenvalue weighted by atomic mass is 10.1. The normalized spacial score (nSPS) is 14.7. The Hall–Kier alpha value is -2.72. The van der Waals surface area contributed by atoms with Gasteiger partial charge in [0.1, 0.15) is 5.69 Å². The Morgan fingerprint density at radius 3 is 2.81 bits per heavy atom. The van der Waals surface area contributed by atoms with Crippen molar-refractivity contribution in [2.75, 3.05) is 0 Å². The van der Waals surface area contributed by atoms with E-state index < -0.39 is 0 Å². The number of hydrogen-bond donors (Lipinski definition) is 0. The third kappa shape index (κ3) is 3.00. The third-order valence-corrected chi connectivity index (χ3v) is 6.46. The summed E-state index contributed by atoms with van der Waals surface area (Å²) >= 11 is 1.74. The third-order valence-electron chi connectivity index (χ3n) is 5.31. The molecule has 0 saturated heterocycles. The van der Waals surface area contributed by atoms with Crippen LogP contribution in [0.2, 0.25) is 0 Å². The van der Waals surface area contributed by atoms with E-state index in [0.29, 0.717) is 5.69 Å². The molecule has 2 aromatic carbocycles. The van der Waals surface area contributed by atoms with Gasteiger partial charge in [0.2, 0.25) is 5.78 Å². The monoisotopic (exact) mass is 372 g/mol. The molecule has 0 amide bonds. The highest BCUT2D eigenvalue weighted by atomic mass is 32.1. The molecule has 27 heavy (non-hydrogen) atoms. The van der Waals surface area contributed by atoms with E-state index in [2.05, 4.69) is 39.7 Å². The summed E-state index contributed by atoms with van der Waals surface area (Å²) < 4.78 is 2.10. The van der Waals surface area contributed by atoms with Crippen LogP contribution in [0.5, 0.6) is 0 Å². The number of allylic oxidation sites excluding steroid dienone is 1. The van der Waals surface area contributed by atoms with Gasteiger partial charge in [0.25, 0.3) is 0 Å². The van der Waals surface area contributed by atoms with Crippen LogP contribution in [-0.2, 0) is 12.8 Å². The average molecular weight is 372 g/mol. The first-order valence-corrected chi connectivity index (χ1v) is 10.3. The number of benzene rings is 2. The van der Waals surface area contributed by atoms with E-state index >= 15 is 0 Å². The van der Waals surface area contributed by atoms with E-state index in [9.17, 15) is 4.79 Å². The summed E-state index contributed by atoms with van der Waals surface area (Å²) in [5, 5.41) is 2.39. The smallest absolute Gasteiger partial charge is 0.204 e. The summed E-state index contributed by atoms with van der Waals surface area (Å²) in [5.74, 6) is 0.0144. The minimum atomic E-state index is 0.0144. The zero-order valence-corrected chi connectivity index (χ0v) is 15.8. The zero-order chi connectivity index (χ0) is 18.2. The van der Waals surface area contributed by atoms with E-state index in [1.165, 1.54) is 40.6 Å². The highest BCUT2D eigenvalue weighted by Crippen LogP contribution is 2.30. The van der Waals surface area contributed by atoms with E-state index in [1.807, 2.05) is 18.2 Å². The number of carbonyl (C=O) groups is 1. The van der Waals surface area contributed by atoms with Crippen molar-refractivity contribution in [3.63, 3.8) is 0 Å². The molecule has 0 bridgehead atoms. The fourth-order valence-electron chi connectivity index (χ4n) is 3.91. The Balaban J connectivity index is 1.48. The van der Waals surface area contributed by atoms with Crippen LogP contribution >= 0.6 is 11.3 Å². The number of hydrogen-bond acceptors (Lipinski definition) is 3. The maximum absolute atomic E-state index is 12.9. The Labute approximate surface area is 162 Å². The fourth-order valence-corrected chi connectivity index (χ4v) is 5.09. The van der Waals surface area contributed by atoms with Gasteiger partial charge >= 0.3 is 0 Å². The molecule has 3 nitrogen and oxygen atoms in total. The first kappa shape index (κ1) is 16.5. The molecule has 0 N–H and O–H groups in total. The minimum absolute atomic E-state index is 0.0144. The van der Waals surface area contributed by atoms with Gasteiger partial charge in [0, 0.05) is 10.6 Å². The summed E-state index contributed by atoms with van der Waals surface area (Å²) in [7, 11) is 0. The van der Waals surface area contributed by atoms with Gasteiger partial charge in [-0.25, -0.2) is 4.98 Å². The van der Waals surface area contributed by atoms with Gasteiger partial charge in [-0.3, -0.25) is 9.20 Å². The number of thiazole rings is 1. The Bertz CT molecular complexity index is 1180. The van der Waals surface area contributed by atoms with Gasteiger partial charge in [-0.1, -0.05) is 48.9 Å². The molecule has 134 valence electrons. The number of carbonyl (C=O) groups excluding carboxylic acids is 1. The second-order valence-electron chi connectivity index (χ2n) is 7.10. The lowest BCUT2D eigenvalue weighted by Crippen LogP contribution is -2.03. The van der Waals surface area contributed by atoms with Crippen molar-refractivity contribution < 1.29 is 4.79 Å². The van der Waals surface area contributed by atoms with Crippen LogP contribution in [-0.4, -0.2) is 15.2 Å². The molecule has 0 aliphatic heterocycles. The number of fused-ring (bicyclic) bond motifs is 4. The molecule has 2 aromatic heterocycles. The molecule has 4 aromatic rings. The molecule has 2 heterocycles. The maximum atomic E-state index is 12.9. The van der Waals surface area contributed by atoms with Crippen molar-refractivity contribution >= 4 is 38.9 Å². The maximum Gasteiger partial charge on any atom is 0.204 e. The van der Waals surface area contributed by atoms with Crippen LogP contribution in [0.3, 0.4) is 0 Å². The van der Waals surface area contributed by atoms with Crippen LogP contribution in [0.4, 0.5) is 0 Å². The number of imidazole rings is 1. The largest absolute Gasteiger partial charge is 0.288 e. The topological polar surface area (TPSA) is 34.4 Å². The van der Waals surface area contributed by atoms with Gasteiger partial charge < -0.3 is 0 Å². The van der Waals surface area contributed by atoms with Crippen LogP contribution in [0, 0.1) is 0 Å². The first-order chi connectivity index (χ1) is 13.3. The van der Waals surface area contributed by atoms with Gasteiger partial charge in [-0.05, 0) is 54.2 Å². The van der Waals surface area contributed by atoms with Crippen LogP contribution < -0.4 is 0 Å². The van der Waals surface area contributed by atoms with Crippen LogP contribution in [0.25, 0.3) is 21.8 Å². The van der Waals surface area contributed by atoms with E-state index in [-0.39, 0.29) is 5.78 Å². The molecule has 0 saturated carbocycles. The van der Waals surface area contributed by atoms with Crippen molar-refractivity contribution in [2.45, 2.75) is 32.1 Å². The van der Waals surface area contributed by atoms with Crippen molar-refractivity contribution in [2.24, 2.45) is 0 Å². The molecule has 0 radical (unpaired) electrons. The number of ketones is 1. The van der Waals surface area contributed by atoms with Crippen molar-refractivity contribution in [3.05, 3.63) is 76.6 Å². The molecule has 0 unspecified atom stereocenters. The first-order valence-electron chi connectivity index (χ1n) is 9.49. The van der Waals surface area contributed by atoms with Crippen molar-refractivity contribution in [1.29, 1.82) is 0 Å². The Morgan fingerprint density at radius 1 is 1.04 bits per heavy atom. The lowest BCUT2D eigenvalue weighted by Gasteiger charge is -2.02. The second-order valence-corrected chi connectivity index (χ2v) is 8.16. The standard InChI is InChI=1S/C23H20N2OS/c26-21(13-11-16-10-12-17-6-4-5-7-18(17)14-16)20-15-24-23-25(20)19-8-2-1-3-9-22(19)27-23/h4-7,10-15H,1-3,8-9H2. The SMILES string of the molecule is O=C(C=Cc1ccc2ccccc2c1)c1cnc2sc3c(n12)CCCCC3. The fraction of sp³-hybridized carbons (Fsp3) is 0.217. The van der Waals surface area contributed by atoms with E-state index in [0.717, 1.165) is 23.4 Å². The number of aryl methyl sites for hydroxylation is 2. The average Bonchev–Trinajstić information content (AvgIpc) is 3.17. The van der Waals surface area contributed by atoms with Gasteiger partial charge in [-0.2, -0.15) is 0 Å². The van der Waals surface area contributed by atoms with E-state index in [1.54, 1.807) is 23.6 Å². The summed E-state index contributed by atoms with van der Waals surface area (Å²) in [6.45, 7) is 0. The van der Waals surface area contributed by atoms with E-state index in [4.69, 9.17) is 0 Å². The minimum Gasteiger partial charge on any atom is -0.288 e. The molecule has 4 heteroatoms. The second kappa shape index (κ2) is 6.78. The highest BCUT2D eigenvalue weighted by Gasteiger charge is 2.20. The molecule has 0 fully saturated rings. The van der Waals surface area contributed by atoms with Gasteiger partial charge in [0.15, 0.2) is 4.96 Å². The summed E-state index contributed by atoms with van der Waals surface area (Å²) in [5.41, 5.74) is 3.01.